The highest BCUT2D eigenvalue weighted by Crippen LogP contribution is 2.47. The molecule has 0 aromatic heterocycles. The lowest BCUT2D eigenvalue weighted by Crippen LogP contribution is -2.38. The fraction of sp³-hybridized carbons (Fsp3) is 0.500. The average Bonchev–Trinajstić information content (AvgIpc) is 2.89. The van der Waals surface area contributed by atoms with Crippen LogP contribution >= 0.6 is 11.6 Å². The van der Waals surface area contributed by atoms with Crippen molar-refractivity contribution in [2.45, 2.75) is 63.7 Å². The molecule has 0 amide bonds. The van der Waals surface area contributed by atoms with Gasteiger partial charge in [0.15, 0.2) is 9.84 Å². The van der Waals surface area contributed by atoms with Crippen LogP contribution in [0.5, 0.6) is 5.75 Å². The number of rotatable bonds is 11. The first-order valence-electron chi connectivity index (χ1n) is 11.9. The summed E-state index contributed by atoms with van der Waals surface area (Å²) in [6.07, 6.45) is 5.38. The molecule has 0 unspecified atom stereocenters. The second-order valence-electron chi connectivity index (χ2n) is 9.13. The molecule has 2 aromatic rings. The van der Waals surface area contributed by atoms with E-state index in [1.165, 1.54) is 6.07 Å². The highest BCUT2D eigenvalue weighted by Gasteiger charge is 2.42. The molecule has 1 aliphatic rings. The zero-order chi connectivity index (χ0) is 24.8. The van der Waals surface area contributed by atoms with E-state index in [1.807, 2.05) is 30.3 Å². The van der Waals surface area contributed by atoms with Gasteiger partial charge in [0.05, 0.1) is 34.4 Å². The molecule has 1 heterocycles. The van der Waals surface area contributed by atoms with Gasteiger partial charge in [-0.1, -0.05) is 69.3 Å². The van der Waals surface area contributed by atoms with Crippen LogP contribution in [-0.4, -0.2) is 38.4 Å². The van der Waals surface area contributed by atoms with Crippen molar-refractivity contribution < 1.29 is 23.1 Å². The Labute approximate surface area is 207 Å². The third-order valence-electron chi connectivity index (χ3n) is 6.39. The van der Waals surface area contributed by atoms with Gasteiger partial charge in [-0.3, -0.25) is 4.79 Å². The van der Waals surface area contributed by atoms with E-state index in [2.05, 4.69) is 18.7 Å². The van der Waals surface area contributed by atoms with E-state index in [0.717, 1.165) is 44.2 Å². The van der Waals surface area contributed by atoms with Crippen LogP contribution in [0.4, 0.5) is 11.4 Å². The van der Waals surface area contributed by atoms with Crippen molar-refractivity contribution in [2.24, 2.45) is 5.41 Å². The maximum absolute atomic E-state index is 13.8. The Kier molecular flexibility index (Phi) is 8.88. The lowest BCUT2D eigenvalue weighted by molar-refractivity contribution is -0.137. The molecule has 34 heavy (non-hydrogen) atoms. The van der Waals surface area contributed by atoms with Crippen LogP contribution in [0.2, 0.25) is 5.02 Å². The predicted molar refractivity (Wildman–Crippen MR) is 136 cm³/mol. The van der Waals surface area contributed by atoms with E-state index >= 15 is 0 Å². The van der Waals surface area contributed by atoms with E-state index in [4.69, 9.17) is 21.4 Å². The van der Waals surface area contributed by atoms with E-state index in [9.17, 15) is 13.2 Å². The zero-order valence-electron chi connectivity index (χ0n) is 19.9. The second-order valence-corrected chi connectivity index (χ2v) is 11.5. The van der Waals surface area contributed by atoms with Gasteiger partial charge in [0.2, 0.25) is 0 Å². The third-order valence-corrected chi connectivity index (χ3v) is 8.68. The number of hydrogen-bond acceptors (Lipinski definition) is 5. The number of fused-ring (bicyclic) bond motifs is 1. The molecule has 0 radical (unpaired) electrons. The number of nitrogens with zero attached hydrogens (tertiary/aromatic N) is 1. The summed E-state index contributed by atoms with van der Waals surface area (Å²) in [4.78, 5) is 13.1. The van der Waals surface area contributed by atoms with Crippen molar-refractivity contribution >= 4 is 38.8 Å². The first kappa shape index (κ1) is 26.4. The van der Waals surface area contributed by atoms with Crippen LogP contribution in [0.15, 0.2) is 47.4 Å². The fourth-order valence-corrected chi connectivity index (χ4v) is 6.99. The molecule has 1 N–H and O–H groups in total. The van der Waals surface area contributed by atoms with Crippen molar-refractivity contribution in [3.63, 3.8) is 0 Å². The number of sulfone groups is 1. The van der Waals surface area contributed by atoms with Gasteiger partial charge >= 0.3 is 5.97 Å². The lowest BCUT2D eigenvalue weighted by Gasteiger charge is -2.37. The number of aliphatic carboxylic acids is 1. The van der Waals surface area contributed by atoms with Crippen LogP contribution in [-0.2, 0) is 14.6 Å². The first-order chi connectivity index (χ1) is 16.2. The van der Waals surface area contributed by atoms with E-state index in [1.54, 1.807) is 6.07 Å². The molecule has 0 aliphatic carbocycles. The highest BCUT2D eigenvalue weighted by molar-refractivity contribution is 7.91. The molecule has 1 aliphatic heterocycles. The summed E-state index contributed by atoms with van der Waals surface area (Å²) in [6.45, 7) is 4.75. The van der Waals surface area contributed by atoms with E-state index in [0.29, 0.717) is 12.2 Å². The molecule has 8 heteroatoms. The summed E-state index contributed by atoms with van der Waals surface area (Å²) in [5.74, 6) is -0.745. The number of ether oxygens (including phenoxy) is 1. The molecule has 3 rings (SSSR count). The van der Waals surface area contributed by atoms with Crippen LogP contribution in [0.3, 0.4) is 0 Å². The number of para-hydroxylation sites is 1. The van der Waals surface area contributed by atoms with Gasteiger partial charge < -0.3 is 14.7 Å². The second kappa shape index (κ2) is 11.5. The molecular weight excluding hydrogens is 474 g/mol. The number of carboxylic acid groups (broad SMARTS) is 1. The van der Waals surface area contributed by atoms with Crippen LogP contribution in [0.25, 0.3) is 0 Å². The smallest absolute Gasteiger partial charge is 0.306 e. The summed E-state index contributed by atoms with van der Waals surface area (Å²) in [7, 11) is -3.67. The highest BCUT2D eigenvalue weighted by atomic mass is 35.5. The molecule has 2 aromatic carbocycles. The molecular formula is C26H34ClNO5S. The van der Waals surface area contributed by atoms with Crippen LogP contribution in [0, 0.1) is 5.41 Å². The Balaban J connectivity index is 2.15. The first-order valence-corrected chi connectivity index (χ1v) is 14.0. The molecule has 0 saturated carbocycles. The molecule has 0 fully saturated rings. The minimum atomic E-state index is -3.67. The third kappa shape index (κ3) is 6.25. The average molecular weight is 508 g/mol. The van der Waals surface area contributed by atoms with Gasteiger partial charge in [0, 0.05) is 23.7 Å². The van der Waals surface area contributed by atoms with Crippen molar-refractivity contribution in [1.82, 2.24) is 0 Å². The number of hydrogen-bond donors (Lipinski definition) is 1. The number of benzene rings is 2. The van der Waals surface area contributed by atoms with Crippen LogP contribution < -0.4 is 9.64 Å². The van der Waals surface area contributed by atoms with Crippen molar-refractivity contribution in [2.75, 3.05) is 23.8 Å². The molecule has 0 spiro atoms. The number of anilines is 2. The SMILES string of the molecule is CCCCC1(CCCC)CN(c2ccccc2)c2cc(Cl)c(OCCC(=O)O)cc2S(=O)(=O)C1. The summed E-state index contributed by atoms with van der Waals surface area (Å²) in [6, 6.07) is 12.9. The van der Waals surface area contributed by atoms with Crippen molar-refractivity contribution in [3.05, 3.63) is 47.5 Å². The Morgan fingerprint density at radius 1 is 1.12 bits per heavy atom. The Bertz CT molecular complexity index is 1080. The monoisotopic (exact) mass is 507 g/mol. The standard InChI is InChI=1S/C26H34ClNO5S/c1-3-5-13-26(14-6-4-2)18-28(20-10-8-7-9-11-20)22-16-21(27)23(33-15-12-25(29)30)17-24(22)34(31,32)19-26/h7-11,16-17H,3-6,12-15,18-19H2,1-2H3,(H,29,30). The van der Waals surface area contributed by atoms with E-state index in [-0.39, 0.29) is 34.4 Å². The summed E-state index contributed by atoms with van der Waals surface area (Å²) in [5, 5.41) is 9.18. The number of unbranched alkanes of at least 4 members (excludes halogenated alkanes) is 2. The number of carboxylic acids is 1. The normalized spacial score (nSPS) is 16.5. The predicted octanol–water partition coefficient (Wildman–Crippen LogP) is 6.49. The van der Waals surface area contributed by atoms with Gasteiger partial charge in [-0.25, -0.2) is 8.42 Å². The molecule has 186 valence electrons. The fourth-order valence-electron chi connectivity index (χ4n) is 4.66. The largest absolute Gasteiger partial charge is 0.491 e. The van der Waals surface area contributed by atoms with Crippen LogP contribution in [0.1, 0.15) is 58.8 Å². The minimum Gasteiger partial charge on any atom is -0.491 e. The van der Waals surface area contributed by atoms with Gasteiger partial charge in [-0.05, 0) is 31.0 Å². The van der Waals surface area contributed by atoms with Gasteiger partial charge in [0.25, 0.3) is 0 Å². The maximum Gasteiger partial charge on any atom is 0.306 e. The Hall–Kier alpha value is -2.25. The van der Waals surface area contributed by atoms with Gasteiger partial charge in [-0.15, -0.1) is 0 Å². The minimum absolute atomic E-state index is 0.0620. The van der Waals surface area contributed by atoms with Crippen molar-refractivity contribution in [3.8, 4) is 5.75 Å². The zero-order valence-corrected chi connectivity index (χ0v) is 21.5. The van der Waals surface area contributed by atoms with E-state index < -0.39 is 21.2 Å². The lowest BCUT2D eigenvalue weighted by atomic mass is 9.79. The Morgan fingerprint density at radius 3 is 2.35 bits per heavy atom. The van der Waals surface area contributed by atoms with Gasteiger partial charge in [-0.2, -0.15) is 0 Å². The maximum atomic E-state index is 13.8. The van der Waals surface area contributed by atoms with Gasteiger partial charge in [0.1, 0.15) is 5.75 Å². The summed E-state index contributed by atoms with van der Waals surface area (Å²) < 4.78 is 33.3. The number of halogens is 1. The molecule has 6 nitrogen and oxygen atoms in total. The number of carbonyl (C=O) groups is 1. The molecule has 0 bridgehead atoms. The summed E-state index contributed by atoms with van der Waals surface area (Å²) >= 11 is 6.52. The molecule has 0 atom stereocenters. The van der Waals surface area contributed by atoms with Crippen molar-refractivity contribution in [1.29, 1.82) is 0 Å². The Morgan fingerprint density at radius 2 is 1.76 bits per heavy atom. The quantitative estimate of drug-likeness (QED) is 0.374. The summed E-state index contributed by atoms with van der Waals surface area (Å²) in [5.41, 5.74) is 1.06. The topological polar surface area (TPSA) is 83.9 Å². The molecule has 0 saturated heterocycles.